The zero-order chi connectivity index (χ0) is 17.6. The molecule has 26 heavy (non-hydrogen) atoms. The number of nitrogens with zero attached hydrogens (tertiary/aromatic N) is 5. The minimum absolute atomic E-state index is 0.897. The quantitative estimate of drug-likeness (QED) is 0.829. The Kier molecular flexibility index (Phi) is 5.45. The molecule has 3 heterocycles. The molecular formula is C21H27N5. The fourth-order valence-electron chi connectivity index (χ4n) is 3.65. The van der Waals surface area contributed by atoms with Crippen molar-refractivity contribution >= 4 is 17.8 Å². The molecule has 2 aromatic rings. The summed E-state index contributed by atoms with van der Waals surface area (Å²) < 4.78 is 0. The van der Waals surface area contributed by atoms with Crippen LogP contribution in [0.25, 0.3) is 6.08 Å². The molecule has 0 saturated carbocycles. The number of aromatic nitrogens is 2. The van der Waals surface area contributed by atoms with Gasteiger partial charge in [0.25, 0.3) is 0 Å². The van der Waals surface area contributed by atoms with E-state index in [1.165, 1.54) is 18.4 Å². The molecule has 2 fully saturated rings. The third-order valence-electron chi connectivity index (χ3n) is 5.19. The lowest BCUT2D eigenvalue weighted by Gasteiger charge is -2.35. The molecule has 0 bridgehead atoms. The van der Waals surface area contributed by atoms with Crippen LogP contribution in [-0.2, 0) is 0 Å². The Hall–Kier alpha value is -2.40. The summed E-state index contributed by atoms with van der Waals surface area (Å²) in [6.07, 6.45) is 8.89. The topological polar surface area (TPSA) is 35.5 Å². The van der Waals surface area contributed by atoms with Crippen molar-refractivity contribution in [1.82, 2.24) is 14.9 Å². The van der Waals surface area contributed by atoms with Crippen molar-refractivity contribution in [2.24, 2.45) is 0 Å². The molecule has 0 atom stereocenters. The van der Waals surface area contributed by atoms with E-state index in [0.29, 0.717) is 0 Å². The maximum atomic E-state index is 4.81. The molecule has 136 valence electrons. The molecule has 0 unspecified atom stereocenters. The summed E-state index contributed by atoms with van der Waals surface area (Å²) in [6, 6.07) is 12.5. The molecule has 0 N–H and O–H groups in total. The fraction of sp³-hybridized carbons (Fsp3) is 0.429. The smallest absolute Gasteiger partial charge is 0.227 e. The Morgan fingerprint density at radius 3 is 2.38 bits per heavy atom. The fourth-order valence-corrected chi connectivity index (χ4v) is 3.65. The van der Waals surface area contributed by atoms with E-state index in [4.69, 9.17) is 4.98 Å². The van der Waals surface area contributed by atoms with Crippen LogP contribution in [0.1, 0.15) is 18.4 Å². The molecule has 0 amide bonds. The molecule has 1 aromatic heterocycles. The molecule has 0 radical (unpaired) electrons. The number of anilines is 2. The second kappa shape index (κ2) is 8.32. The zero-order valence-electron chi connectivity index (χ0n) is 15.3. The lowest BCUT2D eigenvalue weighted by molar-refractivity contribution is 0.283. The van der Waals surface area contributed by atoms with Crippen molar-refractivity contribution in [2.75, 3.05) is 55.6 Å². The lowest BCUT2D eigenvalue weighted by atomic mass is 10.2. The largest absolute Gasteiger partial charge is 0.354 e. The van der Waals surface area contributed by atoms with E-state index in [-0.39, 0.29) is 0 Å². The number of hydrogen-bond acceptors (Lipinski definition) is 5. The number of benzene rings is 1. The summed E-state index contributed by atoms with van der Waals surface area (Å²) in [5.74, 6) is 1.97. The maximum Gasteiger partial charge on any atom is 0.227 e. The van der Waals surface area contributed by atoms with Gasteiger partial charge in [0.15, 0.2) is 0 Å². The summed E-state index contributed by atoms with van der Waals surface area (Å²) >= 11 is 0. The number of rotatable bonds is 5. The first-order valence-electron chi connectivity index (χ1n) is 9.65. The van der Waals surface area contributed by atoms with Crippen LogP contribution in [0, 0.1) is 0 Å². The van der Waals surface area contributed by atoms with Gasteiger partial charge in [-0.25, -0.2) is 4.98 Å². The molecule has 4 rings (SSSR count). The lowest BCUT2D eigenvalue weighted by Crippen LogP contribution is -2.46. The Morgan fingerprint density at radius 1 is 0.846 bits per heavy atom. The van der Waals surface area contributed by atoms with Gasteiger partial charge in [-0.3, -0.25) is 4.90 Å². The van der Waals surface area contributed by atoms with Gasteiger partial charge in [-0.1, -0.05) is 42.5 Å². The van der Waals surface area contributed by atoms with Crippen LogP contribution in [0.4, 0.5) is 11.8 Å². The first-order valence-corrected chi connectivity index (χ1v) is 9.65. The summed E-state index contributed by atoms with van der Waals surface area (Å²) in [6.45, 7) is 7.37. The average molecular weight is 349 g/mol. The molecule has 0 aliphatic carbocycles. The standard InChI is InChI=1S/C21H27N5/c1-2-7-19(8-3-1)9-6-12-24-15-17-25(18-16-24)20-10-11-22-21(23-20)26-13-4-5-14-26/h1-3,6-11H,4-5,12-18H2/b9-6+. The van der Waals surface area contributed by atoms with E-state index < -0.39 is 0 Å². The van der Waals surface area contributed by atoms with E-state index in [9.17, 15) is 0 Å². The van der Waals surface area contributed by atoms with Gasteiger partial charge in [0, 0.05) is 52.0 Å². The third kappa shape index (κ3) is 4.22. The first-order chi connectivity index (χ1) is 12.9. The van der Waals surface area contributed by atoms with Crippen molar-refractivity contribution < 1.29 is 0 Å². The Labute approximate surface area is 156 Å². The summed E-state index contributed by atoms with van der Waals surface area (Å²) in [5, 5.41) is 0. The van der Waals surface area contributed by atoms with Gasteiger partial charge in [-0.05, 0) is 24.5 Å². The predicted octanol–water partition coefficient (Wildman–Crippen LogP) is 2.91. The van der Waals surface area contributed by atoms with Gasteiger partial charge in [0.05, 0.1) is 0 Å². The summed E-state index contributed by atoms with van der Waals surface area (Å²) in [4.78, 5) is 16.5. The van der Waals surface area contributed by atoms with E-state index >= 15 is 0 Å². The Morgan fingerprint density at radius 2 is 1.62 bits per heavy atom. The minimum atomic E-state index is 0.897. The van der Waals surface area contributed by atoms with Crippen molar-refractivity contribution in [3.05, 3.63) is 54.2 Å². The normalized spacial score (nSPS) is 18.8. The van der Waals surface area contributed by atoms with Crippen LogP contribution in [-0.4, -0.2) is 60.7 Å². The van der Waals surface area contributed by atoms with Crippen molar-refractivity contribution in [1.29, 1.82) is 0 Å². The summed E-state index contributed by atoms with van der Waals surface area (Å²) in [5.41, 5.74) is 1.27. The Bertz CT molecular complexity index is 716. The van der Waals surface area contributed by atoms with Crippen molar-refractivity contribution in [3.8, 4) is 0 Å². The molecule has 2 aliphatic heterocycles. The van der Waals surface area contributed by atoms with Gasteiger partial charge < -0.3 is 9.80 Å². The van der Waals surface area contributed by atoms with Crippen LogP contribution in [0.2, 0.25) is 0 Å². The van der Waals surface area contributed by atoms with Crippen molar-refractivity contribution in [2.45, 2.75) is 12.8 Å². The van der Waals surface area contributed by atoms with E-state index in [1.54, 1.807) is 0 Å². The SMILES string of the molecule is C(=C\c1ccccc1)/CN1CCN(c2ccnc(N3CCCC3)n2)CC1. The third-order valence-corrected chi connectivity index (χ3v) is 5.19. The van der Waals surface area contributed by atoms with Gasteiger partial charge in [0.2, 0.25) is 5.95 Å². The molecule has 2 saturated heterocycles. The minimum Gasteiger partial charge on any atom is -0.354 e. The predicted molar refractivity (Wildman–Crippen MR) is 108 cm³/mol. The molecule has 0 spiro atoms. The van der Waals surface area contributed by atoms with Gasteiger partial charge in [-0.2, -0.15) is 4.98 Å². The highest BCUT2D eigenvalue weighted by molar-refractivity contribution is 5.49. The second-order valence-electron chi connectivity index (χ2n) is 7.01. The van der Waals surface area contributed by atoms with Crippen LogP contribution in [0.15, 0.2) is 48.7 Å². The summed E-state index contributed by atoms with van der Waals surface area (Å²) in [7, 11) is 0. The van der Waals surface area contributed by atoms with E-state index in [1.807, 2.05) is 12.3 Å². The van der Waals surface area contributed by atoms with Crippen LogP contribution >= 0.6 is 0 Å². The monoisotopic (exact) mass is 349 g/mol. The van der Waals surface area contributed by atoms with Gasteiger partial charge >= 0.3 is 0 Å². The zero-order valence-corrected chi connectivity index (χ0v) is 15.3. The molecular weight excluding hydrogens is 322 g/mol. The van der Waals surface area contributed by atoms with E-state index in [2.05, 4.69) is 62.2 Å². The number of piperazine rings is 1. The highest BCUT2D eigenvalue weighted by Crippen LogP contribution is 2.20. The molecule has 5 heteroatoms. The van der Waals surface area contributed by atoms with Gasteiger partial charge in [0.1, 0.15) is 5.82 Å². The highest BCUT2D eigenvalue weighted by atomic mass is 15.3. The van der Waals surface area contributed by atoms with Crippen molar-refractivity contribution in [3.63, 3.8) is 0 Å². The molecule has 2 aliphatic rings. The molecule has 5 nitrogen and oxygen atoms in total. The number of hydrogen-bond donors (Lipinski definition) is 0. The first kappa shape index (κ1) is 17.0. The second-order valence-corrected chi connectivity index (χ2v) is 7.01. The van der Waals surface area contributed by atoms with Crippen LogP contribution in [0.5, 0.6) is 0 Å². The van der Waals surface area contributed by atoms with Gasteiger partial charge in [-0.15, -0.1) is 0 Å². The van der Waals surface area contributed by atoms with Crippen LogP contribution in [0.3, 0.4) is 0 Å². The molecule has 1 aromatic carbocycles. The average Bonchev–Trinajstić information content (AvgIpc) is 3.24. The Balaban J connectivity index is 1.29. The van der Waals surface area contributed by atoms with E-state index in [0.717, 1.165) is 57.6 Å². The van der Waals surface area contributed by atoms with Crippen LogP contribution < -0.4 is 9.80 Å². The maximum absolute atomic E-state index is 4.81. The highest BCUT2D eigenvalue weighted by Gasteiger charge is 2.20.